The van der Waals surface area contributed by atoms with Crippen LogP contribution in [-0.2, 0) is 6.42 Å². The van der Waals surface area contributed by atoms with Gasteiger partial charge in [-0.3, -0.25) is 0 Å². The van der Waals surface area contributed by atoms with Crippen LogP contribution in [0.2, 0.25) is 0 Å². The van der Waals surface area contributed by atoms with E-state index in [2.05, 4.69) is 35.2 Å². The number of rotatable bonds is 2. The van der Waals surface area contributed by atoms with E-state index in [1.54, 1.807) is 22.8 Å². The van der Waals surface area contributed by atoms with Gasteiger partial charge in [0.05, 0.1) is 6.20 Å². The van der Waals surface area contributed by atoms with Crippen LogP contribution in [0.5, 0.6) is 5.75 Å². The highest BCUT2D eigenvalue weighted by Gasteiger charge is 2.05. The number of pyridine rings is 1. The number of aromatic hydroxyl groups is 1. The minimum Gasteiger partial charge on any atom is -0.506 e. The molecule has 90 valence electrons. The summed E-state index contributed by atoms with van der Waals surface area (Å²) in [6, 6.07) is 11.7. The minimum atomic E-state index is 0.189. The molecule has 2 aromatic heterocycles. The van der Waals surface area contributed by atoms with Crippen LogP contribution in [0.3, 0.4) is 0 Å². The van der Waals surface area contributed by atoms with E-state index >= 15 is 0 Å². The van der Waals surface area contributed by atoms with Gasteiger partial charge >= 0.3 is 0 Å². The fourth-order valence-electron chi connectivity index (χ4n) is 2.00. The summed E-state index contributed by atoms with van der Waals surface area (Å²) in [6.07, 6.45) is 2.26. The average Bonchev–Trinajstić information content (AvgIpc) is 2.70. The Morgan fingerprint density at radius 3 is 2.94 bits per heavy atom. The summed E-state index contributed by atoms with van der Waals surface area (Å²) in [5.41, 5.74) is 3.17. The topological polar surface area (TPSA) is 50.4 Å². The molecule has 0 fully saturated rings. The van der Waals surface area contributed by atoms with E-state index in [0.717, 1.165) is 11.5 Å². The number of nitrogens with zero attached hydrogens (tertiary/aromatic N) is 3. The molecular weight excluding hydrogens is 226 g/mol. The highest BCUT2D eigenvalue weighted by Crippen LogP contribution is 2.12. The lowest BCUT2D eigenvalue weighted by Gasteiger charge is -1.98. The van der Waals surface area contributed by atoms with Crippen LogP contribution in [0, 0.1) is 6.92 Å². The Bertz CT molecular complexity index is 703. The first-order valence-electron chi connectivity index (χ1n) is 5.80. The summed E-state index contributed by atoms with van der Waals surface area (Å²) in [5, 5.41) is 13.7. The Balaban J connectivity index is 1.95. The molecule has 0 amide bonds. The second kappa shape index (κ2) is 4.14. The van der Waals surface area contributed by atoms with Crippen molar-refractivity contribution >= 4 is 5.65 Å². The van der Waals surface area contributed by atoms with Crippen LogP contribution in [0.25, 0.3) is 5.65 Å². The maximum Gasteiger partial charge on any atom is 0.156 e. The largest absolute Gasteiger partial charge is 0.506 e. The molecule has 4 nitrogen and oxygen atoms in total. The van der Waals surface area contributed by atoms with Crippen molar-refractivity contribution in [2.75, 3.05) is 0 Å². The summed E-state index contributed by atoms with van der Waals surface area (Å²) in [4.78, 5) is 4.42. The molecule has 3 rings (SSSR count). The van der Waals surface area contributed by atoms with Crippen molar-refractivity contribution in [3.8, 4) is 5.75 Å². The molecule has 0 saturated carbocycles. The first-order chi connectivity index (χ1) is 8.70. The van der Waals surface area contributed by atoms with E-state index in [9.17, 15) is 5.11 Å². The Morgan fingerprint density at radius 1 is 1.22 bits per heavy atom. The van der Waals surface area contributed by atoms with Gasteiger partial charge in [0.2, 0.25) is 0 Å². The first kappa shape index (κ1) is 10.8. The highest BCUT2D eigenvalue weighted by molar-refractivity contribution is 5.40. The van der Waals surface area contributed by atoms with E-state index in [1.807, 2.05) is 6.07 Å². The molecule has 0 unspecified atom stereocenters. The monoisotopic (exact) mass is 239 g/mol. The lowest BCUT2D eigenvalue weighted by atomic mass is 10.1. The van der Waals surface area contributed by atoms with E-state index in [4.69, 9.17) is 0 Å². The predicted molar refractivity (Wildman–Crippen MR) is 68.6 cm³/mol. The third kappa shape index (κ3) is 2.05. The van der Waals surface area contributed by atoms with E-state index in [0.29, 0.717) is 6.42 Å². The summed E-state index contributed by atoms with van der Waals surface area (Å²) in [6.45, 7) is 2.07. The van der Waals surface area contributed by atoms with Crippen molar-refractivity contribution in [2.24, 2.45) is 0 Å². The maximum absolute atomic E-state index is 9.38. The molecule has 0 aliphatic carbocycles. The van der Waals surface area contributed by atoms with Gasteiger partial charge in [-0.1, -0.05) is 29.8 Å². The molecule has 2 heterocycles. The number of aryl methyl sites for hydroxylation is 1. The summed E-state index contributed by atoms with van der Waals surface area (Å²) < 4.78 is 1.60. The van der Waals surface area contributed by atoms with Crippen molar-refractivity contribution in [1.82, 2.24) is 14.6 Å². The van der Waals surface area contributed by atoms with Gasteiger partial charge in [-0.05, 0) is 24.6 Å². The zero-order valence-electron chi connectivity index (χ0n) is 10.0. The second-order valence-corrected chi connectivity index (χ2v) is 4.38. The van der Waals surface area contributed by atoms with E-state index in [-0.39, 0.29) is 5.75 Å². The van der Waals surface area contributed by atoms with Crippen LogP contribution in [-0.4, -0.2) is 19.7 Å². The van der Waals surface area contributed by atoms with Gasteiger partial charge in [-0.25, -0.2) is 9.50 Å². The number of fused-ring (bicyclic) bond motifs is 1. The number of benzene rings is 1. The number of aromatic nitrogens is 3. The van der Waals surface area contributed by atoms with Gasteiger partial charge in [0, 0.05) is 6.42 Å². The third-order valence-corrected chi connectivity index (χ3v) is 2.80. The fourth-order valence-corrected chi connectivity index (χ4v) is 2.00. The molecular formula is C14H13N3O. The van der Waals surface area contributed by atoms with Crippen LogP contribution in [0.4, 0.5) is 0 Å². The molecule has 0 aliphatic heterocycles. The second-order valence-electron chi connectivity index (χ2n) is 4.38. The van der Waals surface area contributed by atoms with Gasteiger partial charge in [-0.15, -0.1) is 0 Å². The molecule has 0 radical (unpaired) electrons. The van der Waals surface area contributed by atoms with Gasteiger partial charge < -0.3 is 5.11 Å². The molecule has 3 aromatic rings. The molecule has 0 aliphatic rings. The van der Waals surface area contributed by atoms with E-state index < -0.39 is 0 Å². The summed E-state index contributed by atoms with van der Waals surface area (Å²) in [5.74, 6) is 0.945. The highest BCUT2D eigenvalue weighted by atomic mass is 16.3. The zero-order valence-corrected chi connectivity index (χ0v) is 10.0. The van der Waals surface area contributed by atoms with E-state index in [1.165, 1.54) is 11.1 Å². The van der Waals surface area contributed by atoms with Gasteiger partial charge in [0.1, 0.15) is 5.75 Å². The lowest BCUT2D eigenvalue weighted by molar-refractivity contribution is 0.470. The number of hydrogen-bond acceptors (Lipinski definition) is 3. The Hall–Kier alpha value is -2.36. The fraction of sp³-hybridized carbons (Fsp3) is 0.143. The molecule has 4 heteroatoms. The Labute approximate surface area is 105 Å². The van der Waals surface area contributed by atoms with Crippen molar-refractivity contribution in [2.45, 2.75) is 13.3 Å². The van der Waals surface area contributed by atoms with Crippen LogP contribution in [0.1, 0.15) is 17.0 Å². The normalized spacial score (nSPS) is 10.9. The molecule has 1 aromatic carbocycles. The quantitative estimate of drug-likeness (QED) is 0.746. The first-order valence-corrected chi connectivity index (χ1v) is 5.80. The van der Waals surface area contributed by atoms with Crippen molar-refractivity contribution in [3.63, 3.8) is 0 Å². The molecule has 0 spiro atoms. The molecule has 0 bridgehead atoms. The van der Waals surface area contributed by atoms with Gasteiger partial charge in [0.15, 0.2) is 11.5 Å². The van der Waals surface area contributed by atoms with Gasteiger partial charge in [0.25, 0.3) is 0 Å². The zero-order chi connectivity index (χ0) is 12.5. The van der Waals surface area contributed by atoms with Crippen molar-refractivity contribution in [1.29, 1.82) is 0 Å². The predicted octanol–water partition coefficient (Wildman–Crippen LogP) is 2.33. The Kier molecular flexibility index (Phi) is 2.48. The smallest absolute Gasteiger partial charge is 0.156 e. The third-order valence-electron chi connectivity index (χ3n) is 2.80. The van der Waals surface area contributed by atoms with Crippen LogP contribution < -0.4 is 0 Å². The van der Waals surface area contributed by atoms with Crippen molar-refractivity contribution in [3.05, 3.63) is 59.5 Å². The summed E-state index contributed by atoms with van der Waals surface area (Å²) >= 11 is 0. The standard InChI is InChI=1S/C14H13N3O/c1-10-3-2-4-11(7-10)8-13-15-14-6-5-12(18)9-17(14)16-13/h2-7,9,18H,8H2,1H3. The van der Waals surface area contributed by atoms with Crippen LogP contribution in [0.15, 0.2) is 42.6 Å². The molecule has 1 N–H and O–H groups in total. The Morgan fingerprint density at radius 2 is 2.11 bits per heavy atom. The average molecular weight is 239 g/mol. The lowest BCUT2D eigenvalue weighted by Crippen LogP contribution is -1.92. The van der Waals surface area contributed by atoms with Gasteiger partial charge in [-0.2, -0.15) is 5.10 Å². The molecule has 18 heavy (non-hydrogen) atoms. The van der Waals surface area contributed by atoms with Crippen LogP contribution >= 0.6 is 0 Å². The number of hydrogen-bond donors (Lipinski definition) is 1. The minimum absolute atomic E-state index is 0.189. The van der Waals surface area contributed by atoms with Crippen molar-refractivity contribution < 1.29 is 5.11 Å². The molecule has 0 atom stereocenters. The summed E-state index contributed by atoms with van der Waals surface area (Å²) in [7, 11) is 0. The molecule has 0 saturated heterocycles. The maximum atomic E-state index is 9.38. The SMILES string of the molecule is Cc1cccc(Cc2nc3ccc(O)cn3n2)c1.